The second-order valence-corrected chi connectivity index (χ2v) is 14.1. The lowest BCUT2D eigenvalue weighted by molar-refractivity contribution is 0.0287. The van der Waals surface area contributed by atoms with E-state index < -0.39 is 0 Å². The predicted molar refractivity (Wildman–Crippen MR) is 147 cm³/mol. The van der Waals surface area contributed by atoms with E-state index in [1.807, 2.05) is 0 Å². The molecule has 1 aromatic rings. The van der Waals surface area contributed by atoms with E-state index in [4.69, 9.17) is 0 Å². The number of benzene rings is 1. The highest BCUT2D eigenvalue weighted by Gasteiger charge is 2.41. The van der Waals surface area contributed by atoms with Gasteiger partial charge in [0.1, 0.15) is 0 Å². The van der Waals surface area contributed by atoms with Crippen LogP contribution in [0.15, 0.2) is 30.8 Å². The third-order valence-corrected chi connectivity index (χ3v) is 8.88. The van der Waals surface area contributed by atoms with Crippen molar-refractivity contribution in [2.45, 2.75) is 122 Å². The summed E-state index contributed by atoms with van der Waals surface area (Å²) in [6.45, 7) is 35.8. The van der Waals surface area contributed by atoms with Crippen molar-refractivity contribution < 1.29 is 0 Å². The standard InChI is InChI=1S/C32H56/c1-15-23(3)32(13,14)31(11,12)21-25(16-2)24(4)26-17-19-27(20-18-26)28(30(8,9)10)22-29(5,6)7/h17-20,23,25,28H,4,15-16,21-22H2,1-3,5-14H3. The first-order valence-electron chi connectivity index (χ1n) is 13.2. The van der Waals surface area contributed by atoms with E-state index in [0.717, 1.165) is 6.42 Å². The zero-order valence-electron chi connectivity index (χ0n) is 24.1. The minimum atomic E-state index is 0.253. The van der Waals surface area contributed by atoms with E-state index in [-0.39, 0.29) is 10.8 Å². The van der Waals surface area contributed by atoms with Gasteiger partial charge in [0.2, 0.25) is 0 Å². The lowest BCUT2D eigenvalue weighted by atomic mass is 9.57. The molecule has 0 aliphatic heterocycles. The molecular formula is C32H56. The van der Waals surface area contributed by atoms with Crippen molar-refractivity contribution in [1.82, 2.24) is 0 Å². The van der Waals surface area contributed by atoms with Crippen molar-refractivity contribution in [3.05, 3.63) is 42.0 Å². The molecule has 0 heteroatoms. The first kappa shape index (κ1) is 29.0. The molecule has 0 aromatic heterocycles. The third kappa shape index (κ3) is 7.23. The van der Waals surface area contributed by atoms with Crippen LogP contribution in [0.4, 0.5) is 0 Å². The highest BCUT2D eigenvalue weighted by molar-refractivity contribution is 5.65. The van der Waals surface area contributed by atoms with Gasteiger partial charge in [0.15, 0.2) is 0 Å². The molecule has 1 aromatic carbocycles. The maximum Gasteiger partial charge on any atom is -0.0108 e. The van der Waals surface area contributed by atoms with Gasteiger partial charge in [-0.1, -0.05) is 127 Å². The van der Waals surface area contributed by atoms with Crippen LogP contribution in [0, 0.1) is 33.5 Å². The van der Waals surface area contributed by atoms with Crippen molar-refractivity contribution in [2.75, 3.05) is 0 Å². The Morgan fingerprint density at radius 3 is 1.66 bits per heavy atom. The highest BCUT2D eigenvalue weighted by atomic mass is 14.5. The van der Waals surface area contributed by atoms with Crippen molar-refractivity contribution in [2.24, 2.45) is 33.5 Å². The number of allylic oxidation sites excluding steroid dienone is 1. The van der Waals surface area contributed by atoms with Crippen LogP contribution in [0.2, 0.25) is 0 Å². The Morgan fingerprint density at radius 2 is 1.28 bits per heavy atom. The Kier molecular flexibility index (Phi) is 9.50. The summed E-state index contributed by atoms with van der Waals surface area (Å²) in [7, 11) is 0. The molecule has 0 aliphatic rings. The maximum absolute atomic E-state index is 4.61. The van der Waals surface area contributed by atoms with E-state index in [0.29, 0.717) is 28.6 Å². The summed E-state index contributed by atoms with van der Waals surface area (Å²) in [5.41, 5.74) is 5.24. The van der Waals surface area contributed by atoms with Crippen LogP contribution in [-0.2, 0) is 0 Å². The summed E-state index contributed by atoms with van der Waals surface area (Å²) in [6.07, 6.45) is 4.78. The van der Waals surface area contributed by atoms with Gasteiger partial charge in [-0.25, -0.2) is 0 Å². The van der Waals surface area contributed by atoms with E-state index in [9.17, 15) is 0 Å². The Hall–Kier alpha value is -1.04. The van der Waals surface area contributed by atoms with E-state index in [2.05, 4.69) is 121 Å². The molecule has 184 valence electrons. The van der Waals surface area contributed by atoms with Crippen molar-refractivity contribution >= 4 is 5.57 Å². The molecule has 32 heavy (non-hydrogen) atoms. The van der Waals surface area contributed by atoms with E-state index in [1.54, 1.807) is 0 Å². The van der Waals surface area contributed by atoms with Crippen LogP contribution in [0.25, 0.3) is 5.57 Å². The molecule has 0 N–H and O–H groups in total. The monoisotopic (exact) mass is 440 g/mol. The summed E-state index contributed by atoms with van der Waals surface area (Å²) < 4.78 is 0. The van der Waals surface area contributed by atoms with Gasteiger partial charge < -0.3 is 0 Å². The van der Waals surface area contributed by atoms with Gasteiger partial charge in [-0.15, -0.1) is 0 Å². The molecule has 0 heterocycles. The van der Waals surface area contributed by atoms with Crippen LogP contribution in [0.1, 0.15) is 133 Å². The molecule has 0 nitrogen and oxygen atoms in total. The summed E-state index contributed by atoms with van der Waals surface area (Å²) >= 11 is 0. The molecule has 0 saturated heterocycles. The average molecular weight is 441 g/mol. The molecule has 0 radical (unpaired) electrons. The van der Waals surface area contributed by atoms with Gasteiger partial charge in [0.05, 0.1) is 0 Å². The summed E-state index contributed by atoms with van der Waals surface area (Å²) in [4.78, 5) is 0. The summed E-state index contributed by atoms with van der Waals surface area (Å²) in [5.74, 6) is 1.79. The fourth-order valence-electron chi connectivity index (χ4n) is 5.27. The molecular weight excluding hydrogens is 384 g/mol. The van der Waals surface area contributed by atoms with Crippen LogP contribution in [0.5, 0.6) is 0 Å². The fourth-order valence-corrected chi connectivity index (χ4v) is 5.27. The highest BCUT2D eigenvalue weighted by Crippen LogP contribution is 2.51. The number of hydrogen-bond acceptors (Lipinski definition) is 0. The first-order chi connectivity index (χ1) is 14.4. The lowest BCUT2D eigenvalue weighted by Gasteiger charge is -2.48. The first-order valence-corrected chi connectivity index (χ1v) is 13.2. The summed E-state index contributed by atoms with van der Waals surface area (Å²) in [6, 6.07) is 9.44. The fraction of sp³-hybridized carbons (Fsp3) is 0.750. The number of rotatable bonds is 10. The van der Waals surface area contributed by atoms with Crippen LogP contribution in [-0.4, -0.2) is 0 Å². The largest absolute Gasteiger partial charge is 0.0950 e. The second kappa shape index (κ2) is 10.5. The smallest absolute Gasteiger partial charge is 0.0108 e. The van der Waals surface area contributed by atoms with Crippen molar-refractivity contribution in [3.8, 4) is 0 Å². The van der Waals surface area contributed by atoms with Gasteiger partial charge in [-0.2, -0.15) is 0 Å². The Labute approximate surface area is 202 Å². The topological polar surface area (TPSA) is 0 Å². The molecule has 1 rings (SSSR count). The molecule has 0 saturated carbocycles. The molecule has 0 spiro atoms. The molecule has 3 unspecified atom stereocenters. The van der Waals surface area contributed by atoms with E-state index in [1.165, 1.54) is 36.0 Å². The molecule has 3 atom stereocenters. The van der Waals surface area contributed by atoms with E-state index >= 15 is 0 Å². The van der Waals surface area contributed by atoms with Gasteiger partial charge in [0.25, 0.3) is 0 Å². The lowest BCUT2D eigenvalue weighted by Crippen LogP contribution is -2.39. The zero-order chi connectivity index (χ0) is 25.1. The quantitative estimate of drug-likeness (QED) is 0.339. The predicted octanol–water partition coefficient (Wildman–Crippen LogP) is 10.8. The molecule has 0 fully saturated rings. The van der Waals surface area contributed by atoms with Crippen LogP contribution in [0.3, 0.4) is 0 Å². The van der Waals surface area contributed by atoms with Gasteiger partial charge >= 0.3 is 0 Å². The second-order valence-electron chi connectivity index (χ2n) is 14.1. The molecule has 0 bridgehead atoms. The Balaban J connectivity index is 3.14. The van der Waals surface area contributed by atoms with Crippen molar-refractivity contribution in [3.63, 3.8) is 0 Å². The Morgan fingerprint density at radius 1 is 0.781 bits per heavy atom. The minimum absolute atomic E-state index is 0.253. The van der Waals surface area contributed by atoms with Gasteiger partial charge in [-0.3, -0.25) is 0 Å². The third-order valence-electron chi connectivity index (χ3n) is 8.88. The van der Waals surface area contributed by atoms with Gasteiger partial charge in [0, 0.05) is 0 Å². The average Bonchev–Trinajstić information content (AvgIpc) is 2.67. The summed E-state index contributed by atoms with van der Waals surface area (Å²) in [5, 5.41) is 0. The molecule has 0 amide bonds. The minimum Gasteiger partial charge on any atom is -0.0950 e. The SMILES string of the molecule is C=C(c1ccc(C(CC(C)(C)C)C(C)(C)C)cc1)C(CC)CC(C)(C)C(C)(C)C(C)CC. The van der Waals surface area contributed by atoms with Crippen LogP contribution >= 0.6 is 0 Å². The molecule has 0 aliphatic carbocycles. The normalized spacial score (nSPS) is 16.5. The zero-order valence-corrected chi connectivity index (χ0v) is 24.1. The van der Waals surface area contributed by atoms with Crippen LogP contribution < -0.4 is 0 Å². The number of hydrogen-bond donors (Lipinski definition) is 0. The Bertz CT molecular complexity index is 715. The maximum atomic E-state index is 4.61. The van der Waals surface area contributed by atoms with Crippen molar-refractivity contribution in [1.29, 1.82) is 0 Å². The van der Waals surface area contributed by atoms with Gasteiger partial charge in [-0.05, 0) is 75.4 Å².